The summed E-state index contributed by atoms with van der Waals surface area (Å²) in [7, 11) is 0. The van der Waals surface area contributed by atoms with Crippen LogP contribution in [0.2, 0.25) is 0 Å². The molecule has 0 spiro atoms. The van der Waals surface area contributed by atoms with Gasteiger partial charge in [0.05, 0.1) is 0 Å². The Balaban J connectivity index is 1.51. The van der Waals surface area contributed by atoms with Crippen LogP contribution < -0.4 is 0 Å². The second kappa shape index (κ2) is 6.92. The van der Waals surface area contributed by atoms with Crippen molar-refractivity contribution in [3.8, 4) is 0 Å². The summed E-state index contributed by atoms with van der Waals surface area (Å²) < 4.78 is 5.58. The van der Waals surface area contributed by atoms with Gasteiger partial charge in [0.15, 0.2) is 5.78 Å². The molecule has 8 unspecified atom stereocenters. The van der Waals surface area contributed by atoms with Gasteiger partial charge in [0.1, 0.15) is 12.7 Å². The molecule has 0 aromatic carbocycles. The Bertz CT molecular complexity index is 572. The van der Waals surface area contributed by atoms with Crippen molar-refractivity contribution in [2.75, 3.05) is 6.61 Å². The SMILES string of the molecule is CC(=O)OC1CCC2CCC3C(CCC4(C)C(C(=O)CO)CCC34)C2C1. The lowest BCUT2D eigenvalue weighted by molar-refractivity contribution is -0.152. The summed E-state index contributed by atoms with van der Waals surface area (Å²) >= 11 is 0. The van der Waals surface area contributed by atoms with E-state index in [9.17, 15) is 14.7 Å². The van der Waals surface area contributed by atoms with E-state index in [4.69, 9.17) is 4.74 Å². The largest absolute Gasteiger partial charge is 0.463 e. The van der Waals surface area contributed by atoms with Crippen LogP contribution in [0.3, 0.4) is 0 Å². The molecule has 8 atom stereocenters. The Morgan fingerprint density at radius 2 is 1.77 bits per heavy atom. The summed E-state index contributed by atoms with van der Waals surface area (Å²) in [6.45, 7) is 3.56. The Kier molecular flexibility index (Phi) is 4.92. The zero-order chi connectivity index (χ0) is 18.5. The van der Waals surface area contributed by atoms with Gasteiger partial charge in [-0.2, -0.15) is 0 Å². The lowest BCUT2D eigenvalue weighted by atomic mass is 9.49. The average molecular weight is 363 g/mol. The number of carbonyl (C=O) groups excluding carboxylic acids is 2. The van der Waals surface area contributed by atoms with Crippen molar-refractivity contribution < 1.29 is 19.4 Å². The molecular formula is C22H34O4. The van der Waals surface area contributed by atoms with Gasteiger partial charge in [-0.15, -0.1) is 0 Å². The molecule has 4 fully saturated rings. The highest BCUT2D eigenvalue weighted by molar-refractivity contribution is 5.83. The first kappa shape index (κ1) is 18.5. The summed E-state index contributed by atoms with van der Waals surface area (Å²) in [5.74, 6) is 3.60. The number of esters is 1. The van der Waals surface area contributed by atoms with Crippen LogP contribution in [0.25, 0.3) is 0 Å². The van der Waals surface area contributed by atoms with Gasteiger partial charge in [-0.1, -0.05) is 6.92 Å². The molecule has 1 N–H and O–H groups in total. The van der Waals surface area contributed by atoms with E-state index in [0.717, 1.165) is 49.9 Å². The molecule has 4 rings (SSSR count). The maximum atomic E-state index is 12.3. The maximum Gasteiger partial charge on any atom is 0.302 e. The molecule has 0 aromatic heterocycles. The van der Waals surface area contributed by atoms with Crippen LogP contribution >= 0.6 is 0 Å². The number of fused-ring (bicyclic) bond motifs is 5. The highest BCUT2D eigenvalue weighted by Crippen LogP contribution is 2.64. The fourth-order valence-corrected chi connectivity index (χ4v) is 7.76. The minimum atomic E-state index is -0.296. The molecule has 4 aliphatic carbocycles. The Morgan fingerprint density at radius 3 is 2.50 bits per heavy atom. The van der Waals surface area contributed by atoms with Gasteiger partial charge in [0, 0.05) is 12.8 Å². The first-order valence-electron chi connectivity index (χ1n) is 10.7. The van der Waals surface area contributed by atoms with Crippen LogP contribution in [0.4, 0.5) is 0 Å². The number of aliphatic hydroxyl groups is 1. The molecule has 4 saturated carbocycles. The number of hydrogen-bond acceptors (Lipinski definition) is 4. The minimum absolute atomic E-state index is 0.0646. The molecule has 4 aliphatic rings. The molecule has 0 saturated heterocycles. The molecule has 0 aromatic rings. The fraction of sp³-hybridized carbons (Fsp3) is 0.909. The third-order valence-corrected chi connectivity index (χ3v) is 8.79. The van der Waals surface area contributed by atoms with Crippen molar-refractivity contribution in [2.45, 2.75) is 77.7 Å². The fourth-order valence-electron chi connectivity index (χ4n) is 7.76. The van der Waals surface area contributed by atoms with Crippen molar-refractivity contribution in [3.05, 3.63) is 0 Å². The topological polar surface area (TPSA) is 63.6 Å². The van der Waals surface area contributed by atoms with Crippen LogP contribution in [-0.4, -0.2) is 29.6 Å². The van der Waals surface area contributed by atoms with Crippen LogP contribution in [0.15, 0.2) is 0 Å². The molecule has 0 heterocycles. The molecule has 26 heavy (non-hydrogen) atoms. The second-order valence-electron chi connectivity index (χ2n) is 9.78. The standard InChI is InChI=1S/C22H34O4/c1-13(24)26-15-5-3-14-4-6-17-16(18(14)11-15)9-10-22(2)19(17)7-8-20(22)21(25)12-23/h14-20,23H,3-12H2,1-2H3. The number of carbonyl (C=O) groups is 2. The van der Waals surface area contributed by atoms with E-state index >= 15 is 0 Å². The molecule has 4 heteroatoms. The smallest absolute Gasteiger partial charge is 0.302 e. The van der Waals surface area contributed by atoms with Crippen molar-refractivity contribution in [3.63, 3.8) is 0 Å². The number of aliphatic hydroxyl groups excluding tert-OH is 1. The van der Waals surface area contributed by atoms with Crippen LogP contribution in [-0.2, 0) is 14.3 Å². The van der Waals surface area contributed by atoms with Crippen LogP contribution in [0.5, 0.6) is 0 Å². The van der Waals surface area contributed by atoms with Gasteiger partial charge in [-0.3, -0.25) is 9.59 Å². The number of ether oxygens (including phenoxy) is 1. The summed E-state index contributed by atoms with van der Waals surface area (Å²) in [6, 6.07) is 0. The van der Waals surface area contributed by atoms with Crippen molar-refractivity contribution in [1.29, 1.82) is 0 Å². The van der Waals surface area contributed by atoms with Gasteiger partial charge >= 0.3 is 5.97 Å². The van der Waals surface area contributed by atoms with Crippen LogP contribution in [0, 0.1) is 40.9 Å². The molecule has 0 aliphatic heterocycles. The first-order chi connectivity index (χ1) is 12.4. The lowest BCUT2D eigenvalue weighted by Gasteiger charge is -2.56. The van der Waals surface area contributed by atoms with Crippen molar-refractivity contribution in [2.24, 2.45) is 40.9 Å². The summed E-state index contributed by atoms with van der Waals surface area (Å²) in [5, 5.41) is 9.40. The van der Waals surface area contributed by atoms with Gasteiger partial charge in [-0.05, 0) is 92.8 Å². The van der Waals surface area contributed by atoms with E-state index in [1.54, 1.807) is 0 Å². The molecule has 0 amide bonds. The highest BCUT2D eigenvalue weighted by Gasteiger charge is 2.58. The lowest BCUT2D eigenvalue weighted by Crippen LogP contribution is -2.50. The van der Waals surface area contributed by atoms with Crippen LogP contribution in [0.1, 0.15) is 71.6 Å². The van der Waals surface area contributed by atoms with Gasteiger partial charge in [-0.25, -0.2) is 0 Å². The minimum Gasteiger partial charge on any atom is -0.463 e. The molecular weight excluding hydrogens is 328 g/mol. The van der Waals surface area contributed by atoms with E-state index in [2.05, 4.69) is 6.92 Å². The molecule has 0 bridgehead atoms. The van der Waals surface area contributed by atoms with Gasteiger partial charge < -0.3 is 9.84 Å². The molecule has 4 nitrogen and oxygen atoms in total. The second-order valence-corrected chi connectivity index (χ2v) is 9.78. The molecule has 146 valence electrons. The van der Waals surface area contributed by atoms with E-state index in [1.165, 1.54) is 32.6 Å². The predicted octanol–water partition coefficient (Wildman–Crippen LogP) is 3.75. The third kappa shape index (κ3) is 2.93. The number of rotatable bonds is 3. The number of Topliss-reactive ketones (excluding diaryl/α,β-unsaturated/α-hetero) is 1. The van der Waals surface area contributed by atoms with E-state index in [1.807, 2.05) is 0 Å². The summed E-state index contributed by atoms with van der Waals surface area (Å²) in [4.78, 5) is 23.7. The van der Waals surface area contributed by atoms with E-state index in [0.29, 0.717) is 11.8 Å². The Labute approximate surface area is 157 Å². The van der Waals surface area contributed by atoms with Crippen molar-refractivity contribution >= 4 is 11.8 Å². The maximum absolute atomic E-state index is 12.3. The third-order valence-electron chi connectivity index (χ3n) is 8.79. The van der Waals surface area contributed by atoms with Gasteiger partial charge in [0.2, 0.25) is 0 Å². The monoisotopic (exact) mass is 362 g/mol. The van der Waals surface area contributed by atoms with Crippen molar-refractivity contribution in [1.82, 2.24) is 0 Å². The zero-order valence-corrected chi connectivity index (χ0v) is 16.3. The van der Waals surface area contributed by atoms with Gasteiger partial charge in [0.25, 0.3) is 0 Å². The Morgan fingerprint density at radius 1 is 1.00 bits per heavy atom. The normalized spacial score (nSPS) is 47.4. The summed E-state index contributed by atoms with van der Waals surface area (Å²) in [5.41, 5.74) is 0.0950. The first-order valence-corrected chi connectivity index (χ1v) is 10.7. The quantitative estimate of drug-likeness (QED) is 0.777. The predicted molar refractivity (Wildman–Crippen MR) is 98.2 cm³/mol. The van der Waals surface area contributed by atoms with E-state index < -0.39 is 0 Å². The Hall–Kier alpha value is -0.900. The number of ketones is 1. The van der Waals surface area contributed by atoms with E-state index in [-0.39, 0.29) is 35.8 Å². The zero-order valence-electron chi connectivity index (χ0n) is 16.3. The molecule has 0 radical (unpaired) electrons. The number of hydrogen-bond donors (Lipinski definition) is 1. The highest BCUT2D eigenvalue weighted by atomic mass is 16.5. The average Bonchev–Trinajstić information content (AvgIpc) is 2.97. The summed E-state index contributed by atoms with van der Waals surface area (Å²) in [6.07, 6.45) is 10.5.